The van der Waals surface area contributed by atoms with E-state index < -0.39 is 17.8 Å². The minimum atomic E-state index is -1.01. The summed E-state index contributed by atoms with van der Waals surface area (Å²) in [5.41, 5.74) is 2.82. The summed E-state index contributed by atoms with van der Waals surface area (Å²) in [4.78, 5) is 38.4. The summed E-state index contributed by atoms with van der Waals surface area (Å²) in [5.74, 6) is -2.07. The molecule has 1 N–H and O–H groups in total. The van der Waals surface area contributed by atoms with Gasteiger partial charge in [-0.25, -0.2) is 4.90 Å². The van der Waals surface area contributed by atoms with E-state index in [0.717, 1.165) is 10.5 Å². The van der Waals surface area contributed by atoms with Crippen LogP contribution in [0, 0.1) is 0 Å². The summed E-state index contributed by atoms with van der Waals surface area (Å²) in [6.45, 7) is 0. The number of anilines is 1. The highest BCUT2D eigenvalue weighted by Gasteiger charge is 2.40. The molecular formula is C24H16Cl3NO4. The maximum atomic E-state index is 13.3. The molecule has 0 saturated heterocycles. The number of aliphatic carboxylic acids is 1. The summed E-state index contributed by atoms with van der Waals surface area (Å²) in [5, 5.41) is 9.91. The summed E-state index contributed by atoms with van der Waals surface area (Å²) >= 11 is 18.6. The number of carbonyl (C=O) groups is 3. The first-order valence-electron chi connectivity index (χ1n) is 9.71. The van der Waals surface area contributed by atoms with Crippen LogP contribution >= 0.6 is 34.8 Å². The lowest BCUT2D eigenvalue weighted by molar-refractivity contribution is -0.136. The zero-order valence-electron chi connectivity index (χ0n) is 16.6. The van der Waals surface area contributed by atoms with Crippen LogP contribution in [0.2, 0.25) is 15.1 Å². The minimum absolute atomic E-state index is 0.108. The number of carbonyl (C=O) groups excluding carboxylic acids is 2. The van der Waals surface area contributed by atoms with E-state index >= 15 is 0 Å². The van der Waals surface area contributed by atoms with Crippen molar-refractivity contribution in [3.8, 4) is 0 Å². The molecule has 0 saturated carbocycles. The number of carboxylic acids is 1. The first kappa shape index (κ1) is 22.3. The fourth-order valence-corrected chi connectivity index (χ4v) is 4.42. The van der Waals surface area contributed by atoms with E-state index in [1.165, 1.54) is 18.2 Å². The van der Waals surface area contributed by atoms with Gasteiger partial charge in [-0.3, -0.25) is 14.4 Å². The Bertz CT molecular complexity index is 1250. The number of hydrogen-bond acceptors (Lipinski definition) is 3. The molecule has 0 spiro atoms. The molecule has 0 aromatic heterocycles. The summed E-state index contributed by atoms with van der Waals surface area (Å²) < 4.78 is 0. The van der Waals surface area contributed by atoms with Gasteiger partial charge in [0.15, 0.2) is 0 Å². The van der Waals surface area contributed by atoms with Crippen molar-refractivity contribution in [1.82, 2.24) is 0 Å². The molecule has 1 aliphatic rings. The van der Waals surface area contributed by atoms with Crippen LogP contribution in [-0.2, 0) is 24.1 Å². The monoisotopic (exact) mass is 487 g/mol. The highest BCUT2D eigenvalue weighted by Crippen LogP contribution is 2.38. The van der Waals surface area contributed by atoms with Gasteiger partial charge in [0, 0.05) is 5.02 Å². The second-order valence-electron chi connectivity index (χ2n) is 7.38. The predicted octanol–water partition coefficient (Wildman–Crippen LogP) is 5.86. The summed E-state index contributed by atoms with van der Waals surface area (Å²) in [6.07, 6.45) is 0.958. The van der Waals surface area contributed by atoms with Gasteiger partial charge in [-0.15, -0.1) is 0 Å². The molecule has 0 fully saturated rings. The van der Waals surface area contributed by atoms with Gasteiger partial charge in [0.25, 0.3) is 11.8 Å². The molecule has 0 bridgehead atoms. The maximum Gasteiger partial charge on any atom is 0.307 e. The molecule has 0 aliphatic carbocycles. The third kappa shape index (κ3) is 4.24. The number of hydrogen-bond donors (Lipinski definition) is 1. The minimum Gasteiger partial charge on any atom is -0.481 e. The van der Waals surface area contributed by atoms with Crippen LogP contribution in [0.4, 0.5) is 5.69 Å². The van der Waals surface area contributed by atoms with E-state index in [1.807, 2.05) is 12.1 Å². The summed E-state index contributed by atoms with van der Waals surface area (Å²) in [7, 11) is 0. The van der Waals surface area contributed by atoms with Crippen molar-refractivity contribution in [2.24, 2.45) is 0 Å². The number of carboxylic acid groups (broad SMARTS) is 1. The Hall–Kier alpha value is -2.86. The van der Waals surface area contributed by atoms with Crippen LogP contribution in [0.5, 0.6) is 0 Å². The molecule has 2 amide bonds. The van der Waals surface area contributed by atoms with Gasteiger partial charge in [-0.1, -0.05) is 59.1 Å². The number of aryl methyl sites for hydroxylation is 2. The topological polar surface area (TPSA) is 74.7 Å². The number of amides is 2. The van der Waals surface area contributed by atoms with Crippen molar-refractivity contribution < 1.29 is 19.5 Å². The van der Waals surface area contributed by atoms with E-state index in [4.69, 9.17) is 39.9 Å². The Morgan fingerprint density at radius 1 is 0.781 bits per heavy atom. The molecule has 1 aliphatic heterocycles. The van der Waals surface area contributed by atoms with Gasteiger partial charge in [0.05, 0.1) is 33.3 Å². The van der Waals surface area contributed by atoms with Gasteiger partial charge in [0.1, 0.15) is 0 Å². The molecule has 162 valence electrons. The lowest BCUT2D eigenvalue weighted by atomic mass is 9.97. The number of nitrogens with zero attached hydrogens (tertiary/aromatic N) is 1. The molecule has 8 heteroatoms. The lowest BCUT2D eigenvalue weighted by Crippen LogP contribution is -2.30. The molecule has 4 rings (SSSR count). The van der Waals surface area contributed by atoms with Crippen LogP contribution in [0.15, 0.2) is 54.6 Å². The van der Waals surface area contributed by atoms with E-state index in [9.17, 15) is 14.4 Å². The smallest absolute Gasteiger partial charge is 0.307 e. The first-order chi connectivity index (χ1) is 15.3. The zero-order chi connectivity index (χ0) is 23.0. The van der Waals surface area contributed by atoms with Gasteiger partial charge in [-0.05, 0) is 59.9 Å². The van der Waals surface area contributed by atoms with Crippen molar-refractivity contribution in [1.29, 1.82) is 0 Å². The van der Waals surface area contributed by atoms with Crippen molar-refractivity contribution in [3.63, 3.8) is 0 Å². The van der Waals surface area contributed by atoms with E-state index in [0.29, 0.717) is 29.0 Å². The maximum absolute atomic E-state index is 13.3. The Morgan fingerprint density at radius 2 is 1.44 bits per heavy atom. The van der Waals surface area contributed by atoms with E-state index in [1.54, 1.807) is 24.3 Å². The molecule has 3 aromatic rings. The van der Waals surface area contributed by atoms with Crippen molar-refractivity contribution in [2.75, 3.05) is 4.90 Å². The van der Waals surface area contributed by atoms with Gasteiger partial charge < -0.3 is 5.11 Å². The number of halogens is 3. The Balaban J connectivity index is 1.67. The highest BCUT2D eigenvalue weighted by molar-refractivity contribution is 6.44. The second kappa shape index (κ2) is 8.94. The van der Waals surface area contributed by atoms with Crippen LogP contribution in [0.3, 0.4) is 0 Å². The van der Waals surface area contributed by atoms with Gasteiger partial charge in [0.2, 0.25) is 0 Å². The molecule has 32 heavy (non-hydrogen) atoms. The Labute approximate surface area is 199 Å². The second-order valence-corrected chi connectivity index (χ2v) is 8.64. The number of imide groups is 1. The number of fused-ring (bicyclic) bond motifs is 1. The van der Waals surface area contributed by atoms with Crippen LogP contribution in [0.25, 0.3) is 0 Å². The SMILES string of the molecule is O=C(O)Cc1ccc(N2C(=O)c3c(Cl)ccc(CCc4ccc(Cl)cc4)c3C2=O)c(Cl)c1. The van der Waals surface area contributed by atoms with Crippen LogP contribution < -0.4 is 4.90 Å². The predicted molar refractivity (Wildman–Crippen MR) is 124 cm³/mol. The molecule has 5 nitrogen and oxygen atoms in total. The van der Waals surface area contributed by atoms with Crippen molar-refractivity contribution in [2.45, 2.75) is 19.3 Å². The van der Waals surface area contributed by atoms with Crippen LogP contribution in [0.1, 0.15) is 37.4 Å². The molecule has 3 aromatic carbocycles. The average molecular weight is 489 g/mol. The highest BCUT2D eigenvalue weighted by atomic mass is 35.5. The summed E-state index contributed by atoms with van der Waals surface area (Å²) in [6, 6.07) is 15.2. The van der Waals surface area contributed by atoms with Crippen LogP contribution in [-0.4, -0.2) is 22.9 Å². The fourth-order valence-electron chi connectivity index (χ4n) is 3.76. The van der Waals surface area contributed by atoms with Gasteiger partial charge in [-0.2, -0.15) is 0 Å². The van der Waals surface area contributed by atoms with E-state index in [2.05, 4.69) is 0 Å². The quantitative estimate of drug-likeness (QED) is 0.441. The van der Waals surface area contributed by atoms with E-state index in [-0.39, 0.29) is 33.3 Å². The number of benzene rings is 3. The van der Waals surface area contributed by atoms with Gasteiger partial charge >= 0.3 is 5.97 Å². The molecule has 1 heterocycles. The third-order valence-corrected chi connectivity index (χ3v) is 6.15. The standard InChI is InChI=1S/C24H16Cl3NO4/c25-16-7-2-13(3-8-16)1-5-15-6-9-17(26)22-21(15)23(31)28(24(22)32)19-10-4-14(11-18(19)27)12-20(29)30/h2-4,6-11H,1,5,12H2,(H,29,30). The van der Waals surface area contributed by atoms with Crippen molar-refractivity contribution in [3.05, 3.63) is 97.5 Å². The first-order valence-corrected chi connectivity index (χ1v) is 10.8. The molecule has 0 unspecified atom stereocenters. The Morgan fingerprint density at radius 3 is 2.09 bits per heavy atom. The molecule has 0 radical (unpaired) electrons. The Kier molecular flexibility index (Phi) is 6.24. The number of rotatable bonds is 6. The average Bonchev–Trinajstić information content (AvgIpc) is 3.00. The third-order valence-electron chi connectivity index (χ3n) is 5.28. The lowest BCUT2D eigenvalue weighted by Gasteiger charge is -2.16. The molecule has 0 atom stereocenters. The van der Waals surface area contributed by atoms with Crippen molar-refractivity contribution >= 4 is 58.3 Å². The normalized spacial score (nSPS) is 12.9. The zero-order valence-corrected chi connectivity index (χ0v) is 18.8. The molecular weight excluding hydrogens is 473 g/mol. The fraction of sp³-hybridized carbons (Fsp3) is 0.125. The largest absolute Gasteiger partial charge is 0.481 e.